The molecule has 1 amide bonds. The Labute approximate surface area is 163 Å². The van der Waals surface area contributed by atoms with Crippen LogP contribution in [0.1, 0.15) is 36.5 Å². The first-order valence-corrected chi connectivity index (χ1v) is 9.02. The molecule has 0 aliphatic carbocycles. The van der Waals surface area contributed by atoms with E-state index >= 15 is 0 Å². The molecular formula is C19H20Cl3NO2. The Morgan fingerprint density at radius 1 is 1.04 bits per heavy atom. The SMILES string of the molecule is Cc1c(Cl)c(C)c(Cl)c(OCC(=O)Nc2ccccc2C(C)C)c1Cl. The molecule has 0 aliphatic heterocycles. The standard InChI is InChI=1S/C19H20Cl3NO2/c1-10(2)13-7-5-6-8-14(13)23-15(24)9-25-19-17(21)11(3)16(20)12(4)18(19)22/h5-8,10H,9H2,1-4H3,(H,23,24). The summed E-state index contributed by atoms with van der Waals surface area (Å²) in [4.78, 5) is 12.3. The molecule has 0 heterocycles. The lowest BCUT2D eigenvalue weighted by molar-refractivity contribution is -0.118. The van der Waals surface area contributed by atoms with Gasteiger partial charge in [0.1, 0.15) is 0 Å². The van der Waals surface area contributed by atoms with Crippen molar-refractivity contribution >= 4 is 46.4 Å². The molecule has 3 nitrogen and oxygen atoms in total. The summed E-state index contributed by atoms with van der Waals surface area (Å²) >= 11 is 18.7. The van der Waals surface area contributed by atoms with Gasteiger partial charge < -0.3 is 10.1 Å². The predicted molar refractivity (Wildman–Crippen MR) is 106 cm³/mol. The summed E-state index contributed by atoms with van der Waals surface area (Å²) in [5.41, 5.74) is 3.17. The van der Waals surface area contributed by atoms with Gasteiger partial charge in [-0.25, -0.2) is 0 Å². The van der Waals surface area contributed by atoms with Crippen molar-refractivity contribution in [3.8, 4) is 5.75 Å². The number of benzene rings is 2. The predicted octanol–water partition coefficient (Wildman–Crippen LogP) is 6.40. The number of para-hydroxylation sites is 1. The zero-order chi connectivity index (χ0) is 18.7. The van der Waals surface area contributed by atoms with E-state index in [1.807, 2.05) is 24.3 Å². The highest BCUT2D eigenvalue weighted by molar-refractivity contribution is 6.42. The molecule has 0 fully saturated rings. The molecule has 1 N–H and O–H groups in total. The third-order valence-electron chi connectivity index (χ3n) is 3.92. The third-order valence-corrected chi connectivity index (χ3v) is 5.40. The lowest BCUT2D eigenvalue weighted by Crippen LogP contribution is -2.21. The second-order valence-electron chi connectivity index (χ2n) is 6.10. The number of hydrogen-bond donors (Lipinski definition) is 1. The molecule has 134 valence electrons. The van der Waals surface area contributed by atoms with Crippen molar-refractivity contribution < 1.29 is 9.53 Å². The maximum Gasteiger partial charge on any atom is 0.262 e. The highest BCUT2D eigenvalue weighted by Gasteiger charge is 2.19. The summed E-state index contributed by atoms with van der Waals surface area (Å²) in [6, 6.07) is 7.67. The van der Waals surface area contributed by atoms with E-state index in [0.29, 0.717) is 32.1 Å². The molecule has 0 saturated heterocycles. The van der Waals surface area contributed by atoms with Crippen LogP contribution in [0, 0.1) is 13.8 Å². The molecule has 2 aromatic carbocycles. The lowest BCUT2D eigenvalue weighted by atomic mass is 10.0. The number of halogens is 3. The van der Waals surface area contributed by atoms with Crippen LogP contribution >= 0.6 is 34.8 Å². The van der Waals surface area contributed by atoms with Gasteiger partial charge in [0.25, 0.3) is 5.91 Å². The van der Waals surface area contributed by atoms with Gasteiger partial charge in [-0.1, -0.05) is 66.8 Å². The number of ether oxygens (including phenoxy) is 1. The summed E-state index contributed by atoms with van der Waals surface area (Å²) in [6.45, 7) is 7.49. The van der Waals surface area contributed by atoms with E-state index in [-0.39, 0.29) is 18.3 Å². The molecule has 0 saturated carbocycles. The summed E-state index contributed by atoms with van der Waals surface area (Å²) in [5.74, 6) is 0.281. The quantitative estimate of drug-likeness (QED) is 0.630. The minimum atomic E-state index is -0.287. The molecule has 0 radical (unpaired) electrons. The Bertz CT molecular complexity index is 774. The van der Waals surface area contributed by atoms with Gasteiger partial charge in [-0.15, -0.1) is 0 Å². The lowest BCUT2D eigenvalue weighted by Gasteiger charge is -2.16. The van der Waals surface area contributed by atoms with E-state index in [2.05, 4.69) is 19.2 Å². The van der Waals surface area contributed by atoms with Crippen molar-refractivity contribution in [2.24, 2.45) is 0 Å². The maximum absolute atomic E-state index is 12.3. The number of rotatable bonds is 5. The van der Waals surface area contributed by atoms with E-state index in [0.717, 1.165) is 11.3 Å². The molecule has 0 bridgehead atoms. The van der Waals surface area contributed by atoms with Crippen LogP contribution in [0.3, 0.4) is 0 Å². The fraction of sp³-hybridized carbons (Fsp3) is 0.316. The molecule has 2 rings (SSSR count). The molecule has 0 aromatic heterocycles. The second-order valence-corrected chi connectivity index (χ2v) is 7.23. The molecule has 0 aliphatic rings. The summed E-state index contributed by atoms with van der Waals surface area (Å²) < 4.78 is 5.58. The average Bonchev–Trinajstić information content (AvgIpc) is 2.58. The van der Waals surface area contributed by atoms with Gasteiger partial charge in [0.15, 0.2) is 12.4 Å². The molecule has 2 aromatic rings. The Morgan fingerprint density at radius 2 is 1.60 bits per heavy atom. The van der Waals surface area contributed by atoms with Gasteiger partial charge in [-0.2, -0.15) is 0 Å². The van der Waals surface area contributed by atoms with E-state index < -0.39 is 0 Å². The van der Waals surface area contributed by atoms with Crippen LogP contribution in [0.2, 0.25) is 15.1 Å². The second kappa shape index (κ2) is 8.31. The van der Waals surface area contributed by atoms with Crippen molar-refractivity contribution in [1.82, 2.24) is 0 Å². The molecule has 25 heavy (non-hydrogen) atoms. The zero-order valence-electron chi connectivity index (χ0n) is 14.5. The number of carbonyl (C=O) groups excluding carboxylic acids is 1. The van der Waals surface area contributed by atoms with Gasteiger partial charge in [0.2, 0.25) is 0 Å². The van der Waals surface area contributed by atoms with Gasteiger partial charge in [-0.05, 0) is 42.5 Å². The number of amides is 1. The normalized spacial score (nSPS) is 10.9. The Hall–Kier alpha value is -1.42. The van der Waals surface area contributed by atoms with Crippen molar-refractivity contribution in [2.75, 3.05) is 11.9 Å². The van der Waals surface area contributed by atoms with E-state index in [4.69, 9.17) is 39.5 Å². The fourth-order valence-corrected chi connectivity index (χ4v) is 3.30. The number of carbonyl (C=O) groups is 1. The van der Waals surface area contributed by atoms with Crippen molar-refractivity contribution in [3.05, 3.63) is 56.0 Å². The minimum absolute atomic E-state index is 0.202. The highest BCUT2D eigenvalue weighted by Crippen LogP contribution is 2.42. The molecule has 6 heteroatoms. The Morgan fingerprint density at radius 3 is 2.16 bits per heavy atom. The fourth-order valence-electron chi connectivity index (χ4n) is 2.48. The maximum atomic E-state index is 12.3. The third kappa shape index (κ3) is 4.41. The van der Waals surface area contributed by atoms with Crippen molar-refractivity contribution in [3.63, 3.8) is 0 Å². The summed E-state index contributed by atoms with van der Waals surface area (Å²) in [5, 5.41) is 3.99. The van der Waals surface area contributed by atoms with Crippen LogP contribution in [0.25, 0.3) is 0 Å². The molecular weight excluding hydrogens is 381 g/mol. The number of anilines is 1. The minimum Gasteiger partial charge on any atom is -0.481 e. The Kier molecular flexibility index (Phi) is 6.61. The van der Waals surface area contributed by atoms with Crippen LogP contribution in [0.4, 0.5) is 5.69 Å². The van der Waals surface area contributed by atoms with E-state index in [1.165, 1.54) is 0 Å². The van der Waals surface area contributed by atoms with E-state index in [9.17, 15) is 4.79 Å². The average molecular weight is 401 g/mol. The van der Waals surface area contributed by atoms with Gasteiger partial charge >= 0.3 is 0 Å². The van der Waals surface area contributed by atoms with Crippen LogP contribution in [0.15, 0.2) is 24.3 Å². The monoisotopic (exact) mass is 399 g/mol. The first kappa shape index (κ1) is 19.9. The van der Waals surface area contributed by atoms with Crippen LogP contribution < -0.4 is 10.1 Å². The van der Waals surface area contributed by atoms with Crippen molar-refractivity contribution in [2.45, 2.75) is 33.6 Å². The van der Waals surface area contributed by atoms with Crippen LogP contribution in [-0.4, -0.2) is 12.5 Å². The molecule has 0 atom stereocenters. The smallest absolute Gasteiger partial charge is 0.262 e. The first-order valence-electron chi connectivity index (χ1n) is 7.89. The summed E-state index contributed by atoms with van der Waals surface area (Å²) in [6.07, 6.45) is 0. The van der Waals surface area contributed by atoms with E-state index in [1.54, 1.807) is 13.8 Å². The first-order chi connectivity index (χ1) is 11.7. The largest absolute Gasteiger partial charge is 0.481 e. The van der Waals surface area contributed by atoms with Crippen LogP contribution in [0.5, 0.6) is 5.75 Å². The Balaban J connectivity index is 2.14. The summed E-state index contributed by atoms with van der Waals surface area (Å²) in [7, 11) is 0. The molecule has 0 spiro atoms. The van der Waals surface area contributed by atoms with Gasteiger partial charge in [-0.3, -0.25) is 4.79 Å². The van der Waals surface area contributed by atoms with Gasteiger partial charge in [0, 0.05) is 10.7 Å². The topological polar surface area (TPSA) is 38.3 Å². The van der Waals surface area contributed by atoms with Crippen LogP contribution in [-0.2, 0) is 4.79 Å². The molecule has 0 unspecified atom stereocenters. The number of nitrogens with one attached hydrogen (secondary N) is 1. The van der Waals surface area contributed by atoms with Crippen molar-refractivity contribution in [1.29, 1.82) is 0 Å². The number of hydrogen-bond acceptors (Lipinski definition) is 2. The zero-order valence-corrected chi connectivity index (χ0v) is 16.8. The highest BCUT2D eigenvalue weighted by atomic mass is 35.5. The van der Waals surface area contributed by atoms with Gasteiger partial charge in [0.05, 0.1) is 10.0 Å².